The van der Waals surface area contributed by atoms with Crippen molar-refractivity contribution in [3.63, 3.8) is 0 Å². The Bertz CT molecular complexity index is 553. The van der Waals surface area contributed by atoms with Crippen molar-refractivity contribution in [1.29, 1.82) is 0 Å². The molecule has 10 nitrogen and oxygen atoms in total. The fourth-order valence-electron chi connectivity index (χ4n) is 2.08. The van der Waals surface area contributed by atoms with E-state index in [2.05, 4.69) is 10.3 Å². The fourth-order valence-corrected chi connectivity index (χ4v) is 2.08. The van der Waals surface area contributed by atoms with E-state index in [0.717, 1.165) is 4.57 Å². The second kappa shape index (κ2) is 7.13. The first-order chi connectivity index (χ1) is 10.5. The third kappa shape index (κ3) is 3.43. The second-order valence-corrected chi connectivity index (χ2v) is 5.06. The molecule has 0 saturated carbocycles. The number of aliphatic hydroxyl groups excluding tert-OH is 4. The van der Waals surface area contributed by atoms with Gasteiger partial charge in [-0.2, -0.15) is 4.98 Å². The van der Waals surface area contributed by atoms with Gasteiger partial charge in [-0.25, -0.2) is 4.79 Å². The lowest BCUT2D eigenvalue weighted by Crippen LogP contribution is -2.36. The molecular weight excluding hydrogens is 296 g/mol. The average molecular weight is 316 g/mol. The summed E-state index contributed by atoms with van der Waals surface area (Å²) >= 11 is 0. The smallest absolute Gasteiger partial charge is 0.351 e. The van der Waals surface area contributed by atoms with Crippen LogP contribution in [0.15, 0.2) is 17.1 Å². The van der Waals surface area contributed by atoms with Crippen LogP contribution in [0.5, 0.6) is 0 Å². The molecule has 0 aliphatic carbocycles. The molecule has 1 aliphatic heterocycles. The molecule has 5 N–H and O–H groups in total. The van der Waals surface area contributed by atoms with Crippen molar-refractivity contribution in [2.45, 2.75) is 24.5 Å². The molecule has 4 atom stereocenters. The van der Waals surface area contributed by atoms with E-state index in [0.29, 0.717) is 12.5 Å². The largest absolute Gasteiger partial charge is 0.394 e. The molecule has 22 heavy (non-hydrogen) atoms. The Hall–Kier alpha value is -1.56. The topological polar surface area (TPSA) is 140 Å². The highest BCUT2D eigenvalue weighted by molar-refractivity contribution is 5.31. The summed E-state index contributed by atoms with van der Waals surface area (Å²) in [5.74, 6) is 0.299. The number of hydrogen-bond acceptors (Lipinski definition) is 9. The number of nitrogens with zero attached hydrogens (tertiary/aromatic N) is 3. The highest BCUT2D eigenvalue weighted by Gasteiger charge is 2.43. The van der Waals surface area contributed by atoms with E-state index in [1.165, 1.54) is 12.3 Å². The summed E-state index contributed by atoms with van der Waals surface area (Å²) in [5.41, 5.74) is -0.675. The van der Waals surface area contributed by atoms with Gasteiger partial charge in [-0.1, -0.05) is 0 Å². The van der Waals surface area contributed by atoms with E-state index in [-0.39, 0.29) is 6.73 Å². The SMILES string of the molecule is CN(CO)CNc1ccn(C2OC(CO)C(O)C2O)c(=O)n1. The molecule has 1 aromatic heterocycles. The summed E-state index contributed by atoms with van der Waals surface area (Å²) in [5, 5.41) is 40.3. The Morgan fingerprint density at radius 2 is 2.14 bits per heavy atom. The van der Waals surface area contributed by atoms with Crippen LogP contribution in [0.1, 0.15) is 6.23 Å². The number of anilines is 1. The van der Waals surface area contributed by atoms with Crippen LogP contribution >= 0.6 is 0 Å². The van der Waals surface area contributed by atoms with Crippen LogP contribution in [0.25, 0.3) is 0 Å². The van der Waals surface area contributed by atoms with Gasteiger partial charge in [0.2, 0.25) is 0 Å². The minimum absolute atomic E-state index is 0.146. The standard InChI is InChI=1S/C12H20N4O6/c1-15(6-18)5-13-8-2-3-16(12(21)14-8)11-10(20)9(19)7(4-17)22-11/h2-3,7,9-11,17-20H,4-6H2,1H3,(H,13,14,21). The normalized spacial score (nSPS) is 28.3. The molecule has 0 spiro atoms. The Labute approximate surface area is 126 Å². The van der Waals surface area contributed by atoms with E-state index in [9.17, 15) is 15.0 Å². The van der Waals surface area contributed by atoms with E-state index >= 15 is 0 Å². The van der Waals surface area contributed by atoms with Crippen LogP contribution in [-0.2, 0) is 4.74 Å². The Morgan fingerprint density at radius 1 is 1.41 bits per heavy atom. The highest BCUT2D eigenvalue weighted by atomic mass is 16.6. The molecule has 1 fully saturated rings. The third-order valence-corrected chi connectivity index (χ3v) is 3.39. The fraction of sp³-hybridized carbons (Fsp3) is 0.667. The average Bonchev–Trinajstić information content (AvgIpc) is 2.80. The molecule has 4 unspecified atom stereocenters. The molecule has 1 saturated heterocycles. The number of rotatable bonds is 6. The maximum absolute atomic E-state index is 12.0. The zero-order chi connectivity index (χ0) is 16.3. The highest BCUT2D eigenvalue weighted by Crippen LogP contribution is 2.28. The van der Waals surface area contributed by atoms with Gasteiger partial charge in [-0.05, 0) is 13.1 Å². The Balaban J connectivity index is 2.12. The molecule has 124 valence electrons. The van der Waals surface area contributed by atoms with Gasteiger partial charge >= 0.3 is 5.69 Å². The first kappa shape index (κ1) is 16.8. The van der Waals surface area contributed by atoms with Crippen LogP contribution in [0.3, 0.4) is 0 Å². The van der Waals surface area contributed by atoms with Crippen molar-refractivity contribution in [3.05, 3.63) is 22.7 Å². The number of nitrogens with one attached hydrogen (secondary N) is 1. The van der Waals surface area contributed by atoms with Gasteiger partial charge in [-0.3, -0.25) is 9.47 Å². The molecule has 2 rings (SSSR count). The molecule has 0 amide bonds. The van der Waals surface area contributed by atoms with Gasteiger partial charge in [0.05, 0.1) is 20.0 Å². The van der Waals surface area contributed by atoms with Crippen molar-refractivity contribution >= 4 is 5.82 Å². The maximum atomic E-state index is 12.0. The molecular formula is C12H20N4O6. The number of aliphatic hydroxyl groups is 4. The van der Waals surface area contributed by atoms with Crippen molar-refractivity contribution in [2.75, 3.05) is 32.4 Å². The number of hydrogen-bond donors (Lipinski definition) is 5. The molecule has 10 heteroatoms. The summed E-state index contributed by atoms with van der Waals surface area (Å²) in [4.78, 5) is 17.3. The minimum atomic E-state index is -1.34. The molecule has 0 radical (unpaired) electrons. The van der Waals surface area contributed by atoms with E-state index in [1.807, 2.05) is 0 Å². The predicted molar refractivity (Wildman–Crippen MR) is 74.8 cm³/mol. The molecule has 2 heterocycles. The van der Waals surface area contributed by atoms with Gasteiger partial charge < -0.3 is 30.5 Å². The van der Waals surface area contributed by atoms with Crippen LogP contribution in [0.4, 0.5) is 5.82 Å². The van der Waals surface area contributed by atoms with Crippen molar-refractivity contribution in [2.24, 2.45) is 0 Å². The maximum Gasteiger partial charge on any atom is 0.351 e. The first-order valence-electron chi connectivity index (χ1n) is 6.73. The lowest BCUT2D eigenvalue weighted by molar-refractivity contribution is -0.0549. The predicted octanol–water partition coefficient (Wildman–Crippen LogP) is -2.89. The summed E-state index contributed by atoms with van der Waals surface area (Å²) < 4.78 is 6.31. The quantitative estimate of drug-likeness (QED) is 0.350. The van der Waals surface area contributed by atoms with E-state index < -0.39 is 36.8 Å². The minimum Gasteiger partial charge on any atom is -0.394 e. The van der Waals surface area contributed by atoms with Crippen LogP contribution in [-0.4, -0.2) is 80.2 Å². The van der Waals surface area contributed by atoms with Crippen molar-refractivity contribution < 1.29 is 25.2 Å². The molecule has 1 aromatic rings. The van der Waals surface area contributed by atoms with Crippen molar-refractivity contribution in [3.8, 4) is 0 Å². The first-order valence-corrected chi connectivity index (χ1v) is 6.73. The van der Waals surface area contributed by atoms with Gasteiger partial charge in [0.25, 0.3) is 0 Å². The second-order valence-electron chi connectivity index (χ2n) is 5.06. The lowest BCUT2D eigenvalue weighted by atomic mass is 10.1. The van der Waals surface area contributed by atoms with Gasteiger partial charge in [-0.15, -0.1) is 0 Å². The van der Waals surface area contributed by atoms with Gasteiger partial charge in [0.1, 0.15) is 24.1 Å². The summed E-state index contributed by atoms with van der Waals surface area (Å²) in [6.45, 7) is -0.322. The summed E-state index contributed by atoms with van der Waals surface area (Å²) in [6, 6.07) is 1.50. The molecule has 0 bridgehead atoms. The molecule has 1 aliphatic rings. The molecule has 0 aromatic carbocycles. The third-order valence-electron chi connectivity index (χ3n) is 3.39. The van der Waals surface area contributed by atoms with Crippen molar-refractivity contribution in [1.82, 2.24) is 14.5 Å². The Kier molecular flexibility index (Phi) is 5.45. The number of aromatic nitrogens is 2. The van der Waals surface area contributed by atoms with E-state index in [4.69, 9.17) is 14.9 Å². The lowest BCUT2D eigenvalue weighted by Gasteiger charge is -2.18. The van der Waals surface area contributed by atoms with Crippen LogP contribution < -0.4 is 11.0 Å². The number of ether oxygens (including phenoxy) is 1. The monoisotopic (exact) mass is 316 g/mol. The van der Waals surface area contributed by atoms with Crippen LogP contribution in [0, 0.1) is 0 Å². The summed E-state index contributed by atoms with van der Waals surface area (Å²) in [7, 11) is 1.67. The van der Waals surface area contributed by atoms with E-state index in [1.54, 1.807) is 11.9 Å². The Morgan fingerprint density at radius 3 is 2.68 bits per heavy atom. The summed E-state index contributed by atoms with van der Waals surface area (Å²) in [6.07, 6.45) is -3.31. The zero-order valence-corrected chi connectivity index (χ0v) is 12.0. The van der Waals surface area contributed by atoms with Gasteiger partial charge in [0.15, 0.2) is 6.23 Å². The van der Waals surface area contributed by atoms with Gasteiger partial charge in [0, 0.05) is 6.20 Å². The zero-order valence-electron chi connectivity index (χ0n) is 12.0. The van der Waals surface area contributed by atoms with Crippen LogP contribution in [0.2, 0.25) is 0 Å².